The molecule has 0 aliphatic heterocycles. The van der Waals surface area contributed by atoms with E-state index in [9.17, 15) is 9.90 Å². The van der Waals surface area contributed by atoms with E-state index in [1.807, 2.05) is 20.8 Å². The molecule has 0 unspecified atom stereocenters. The summed E-state index contributed by atoms with van der Waals surface area (Å²) in [5.74, 6) is 0. The molecule has 0 aromatic rings. The van der Waals surface area contributed by atoms with Crippen LogP contribution >= 0.6 is 0 Å². The average molecular weight is 255 g/mol. The van der Waals surface area contributed by atoms with Gasteiger partial charge in [-0.1, -0.05) is 0 Å². The van der Waals surface area contributed by atoms with Gasteiger partial charge in [-0.25, -0.2) is 4.79 Å². The third-order valence-corrected chi connectivity index (χ3v) is 4.32. The Morgan fingerprint density at radius 1 is 1.22 bits per heavy atom. The number of hydrogen-bond acceptors (Lipinski definition) is 3. The molecular formula is C14H25NO3. The molecule has 2 N–H and O–H groups in total. The van der Waals surface area contributed by atoms with E-state index in [1.54, 1.807) is 0 Å². The van der Waals surface area contributed by atoms with Crippen molar-refractivity contribution in [3.05, 3.63) is 0 Å². The Morgan fingerprint density at radius 2 is 1.78 bits per heavy atom. The number of nitrogens with one attached hydrogen (secondary N) is 1. The number of alkyl carbamates (subject to hydrolysis) is 1. The second-order valence-electron chi connectivity index (χ2n) is 6.84. The van der Waals surface area contributed by atoms with E-state index in [0.717, 1.165) is 38.5 Å². The van der Waals surface area contributed by atoms with Gasteiger partial charge in [-0.05, 0) is 64.7 Å². The van der Waals surface area contributed by atoms with Crippen LogP contribution in [0.25, 0.3) is 0 Å². The van der Waals surface area contributed by atoms with Crippen molar-refractivity contribution in [2.75, 3.05) is 0 Å². The fraction of sp³-hybridized carbons (Fsp3) is 0.929. The molecule has 4 nitrogen and oxygen atoms in total. The van der Waals surface area contributed by atoms with Gasteiger partial charge in [0.25, 0.3) is 0 Å². The molecule has 0 aromatic carbocycles. The summed E-state index contributed by atoms with van der Waals surface area (Å²) in [6, 6.07) is 0.207. The molecule has 0 aromatic heterocycles. The van der Waals surface area contributed by atoms with Gasteiger partial charge in [0.2, 0.25) is 0 Å². The molecule has 2 saturated carbocycles. The lowest BCUT2D eigenvalue weighted by molar-refractivity contribution is -0.0907. The van der Waals surface area contributed by atoms with Crippen LogP contribution < -0.4 is 5.32 Å². The van der Waals surface area contributed by atoms with Crippen LogP contribution in [0.3, 0.4) is 0 Å². The lowest BCUT2D eigenvalue weighted by atomic mass is 9.58. The van der Waals surface area contributed by atoms with Crippen LogP contribution in [-0.4, -0.2) is 28.9 Å². The average Bonchev–Trinajstić information content (AvgIpc) is 2.25. The minimum absolute atomic E-state index is 0.111. The van der Waals surface area contributed by atoms with Crippen molar-refractivity contribution in [1.29, 1.82) is 0 Å². The molecule has 4 heteroatoms. The minimum atomic E-state index is -0.440. The predicted octanol–water partition coefficient (Wildman–Crippen LogP) is 2.59. The van der Waals surface area contributed by atoms with Gasteiger partial charge in [0.1, 0.15) is 5.60 Å². The zero-order valence-electron chi connectivity index (χ0n) is 11.7. The molecule has 18 heavy (non-hydrogen) atoms. The van der Waals surface area contributed by atoms with E-state index >= 15 is 0 Å². The van der Waals surface area contributed by atoms with Gasteiger partial charge in [-0.15, -0.1) is 0 Å². The fourth-order valence-corrected chi connectivity index (χ4v) is 3.08. The highest BCUT2D eigenvalue weighted by atomic mass is 16.6. The summed E-state index contributed by atoms with van der Waals surface area (Å²) in [6.07, 6.45) is 5.62. The molecule has 2 aliphatic rings. The Bertz CT molecular complexity index is 313. The number of carbonyl (C=O) groups excluding carboxylic acids is 1. The molecule has 0 heterocycles. The Morgan fingerprint density at radius 3 is 2.17 bits per heavy atom. The van der Waals surface area contributed by atoms with Crippen LogP contribution in [0.4, 0.5) is 4.79 Å². The lowest BCUT2D eigenvalue weighted by Crippen LogP contribution is -2.50. The maximum absolute atomic E-state index is 11.7. The van der Waals surface area contributed by atoms with Crippen molar-refractivity contribution in [2.24, 2.45) is 5.41 Å². The highest BCUT2D eigenvalue weighted by Gasteiger charge is 2.47. The van der Waals surface area contributed by atoms with Gasteiger partial charge in [-0.2, -0.15) is 0 Å². The van der Waals surface area contributed by atoms with Crippen LogP contribution in [0.2, 0.25) is 0 Å². The normalized spacial score (nSPS) is 36.0. The summed E-state index contributed by atoms with van der Waals surface area (Å²) >= 11 is 0. The third-order valence-electron chi connectivity index (χ3n) is 4.32. The Balaban J connectivity index is 1.75. The summed E-state index contributed by atoms with van der Waals surface area (Å²) < 4.78 is 5.25. The van der Waals surface area contributed by atoms with E-state index in [-0.39, 0.29) is 23.7 Å². The van der Waals surface area contributed by atoms with E-state index in [1.165, 1.54) is 0 Å². The Hall–Kier alpha value is -0.770. The molecule has 1 amide bonds. The first-order valence-corrected chi connectivity index (χ1v) is 6.98. The number of rotatable bonds is 1. The minimum Gasteiger partial charge on any atom is -0.444 e. The van der Waals surface area contributed by atoms with E-state index < -0.39 is 5.60 Å². The number of ether oxygens (including phenoxy) is 1. The maximum Gasteiger partial charge on any atom is 0.407 e. The molecule has 2 aliphatic carbocycles. The van der Waals surface area contributed by atoms with Crippen molar-refractivity contribution in [1.82, 2.24) is 5.32 Å². The number of aliphatic hydroxyl groups excluding tert-OH is 1. The van der Waals surface area contributed by atoms with Crippen LogP contribution in [0, 0.1) is 5.41 Å². The van der Waals surface area contributed by atoms with Crippen LogP contribution in [0.1, 0.15) is 59.3 Å². The number of aliphatic hydroxyl groups is 1. The van der Waals surface area contributed by atoms with Crippen LogP contribution in [0.15, 0.2) is 0 Å². The monoisotopic (exact) mass is 255 g/mol. The molecule has 1 atom stereocenters. The zero-order valence-corrected chi connectivity index (χ0v) is 11.7. The largest absolute Gasteiger partial charge is 0.444 e. The predicted molar refractivity (Wildman–Crippen MR) is 69.3 cm³/mol. The summed E-state index contributed by atoms with van der Waals surface area (Å²) in [5, 5.41) is 12.8. The van der Waals surface area contributed by atoms with Crippen molar-refractivity contribution in [3.8, 4) is 0 Å². The van der Waals surface area contributed by atoms with Gasteiger partial charge >= 0.3 is 6.09 Å². The van der Waals surface area contributed by atoms with Crippen molar-refractivity contribution in [2.45, 2.75) is 77.0 Å². The molecular weight excluding hydrogens is 230 g/mol. The standard InChI is InChI=1S/C14H25NO3/c1-13(2,3)18-12(17)15-10-4-7-14(8-5-10)9-6-11(14)16/h10-11,16H,4-9H2,1-3H3,(H,15,17)/t10-,11-,14+/m0/s1. The summed E-state index contributed by atoms with van der Waals surface area (Å²) in [5.41, 5.74) is -0.268. The van der Waals surface area contributed by atoms with Gasteiger partial charge in [0.15, 0.2) is 0 Å². The molecule has 0 radical (unpaired) electrons. The SMILES string of the molecule is CC(C)(C)OC(=O)N[C@H]1CC[C@]2(CC[C@@H]2O)CC1. The van der Waals surface area contributed by atoms with Crippen LogP contribution in [-0.2, 0) is 4.74 Å². The summed E-state index contributed by atoms with van der Waals surface area (Å²) in [6.45, 7) is 5.60. The summed E-state index contributed by atoms with van der Waals surface area (Å²) in [7, 11) is 0. The molecule has 0 bridgehead atoms. The highest BCUT2D eigenvalue weighted by Crippen LogP contribution is 2.51. The first-order valence-electron chi connectivity index (χ1n) is 6.98. The molecule has 2 rings (SSSR count). The second kappa shape index (κ2) is 4.72. The van der Waals surface area contributed by atoms with Crippen molar-refractivity contribution >= 4 is 6.09 Å². The maximum atomic E-state index is 11.7. The van der Waals surface area contributed by atoms with Crippen LogP contribution in [0.5, 0.6) is 0 Å². The Labute approximate surface area is 109 Å². The second-order valence-corrected chi connectivity index (χ2v) is 6.84. The van der Waals surface area contributed by atoms with Gasteiger partial charge in [-0.3, -0.25) is 0 Å². The smallest absolute Gasteiger partial charge is 0.407 e. The lowest BCUT2D eigenvalue weighted by Gasteiger charge is -2.50. The Kier molecular flexibility index (Phi) is 3.58. The first kappa shape index (κ1) is 13.7. The van der Waals surface area contributed by atoms with Crippen molar-refractivity contribution in [3.63, 3.8) is 0 Å². The van der Waals surface area contributed by atoms with E-state index in [2.05, 4.69) is 5.32 Å². The first-order chi connectivity index (χ1) is 8.31. The topological polar surface area (TPSA) is 58.6 Å². The number of amides is 1. The number of carbonyl (C=O) groups is 1. The third kappa shape index (κ3) is 2.97. The molecule has 104 valence electrons. The van der Waals surface area contributed by atoms with Gasteiger partial charge in [0, 0.05) is 6.04 Å². The summed E-state index contributed by atoms with van der Waals surface area (Å²) in [4.78, 5) is 11.7. The fourth-order valence-electron chi connectivity index (χ4n) is 3.08. The van der Waals surface area contributed by atoms with Gasteiger partial charge in [0.05, 0.1) is 6.10 Å². The number of hydrogen-bond donors (Lipinski definition) is 2. The molecule has 1 spiro atoms. The molecule has 0 saturated heterocycles. The molecule has 2 fully saturated rings. The quantitative estimate of drug-likeness (QED) is 0.757. The zero-order chi connectivity index (χ0) is 13.4. The van der Waals surface area contributed by atoms with Crippen molar-refractivity contribution < 1.29 is 14.6 Å². The van der Waals surface area contributed by atoms with Gasteiger partial charge < -0.3 is 15.2 Å². The highest BCUT2D eigenvalue weighted by molar-refractivity contribution is 5.68. The van der Waals surface area contributed by atoms with E-state index in [0.29, 0.717) is 0 Å². The van der Waals surface area contributed by atoms with E-state index in [4.69, 9.17) is 4.74 Å².